The third-order valence-corrected chi connectivity index (χ3v) is 6.62. The molecular formula is C24H20F3N3O2S. The molecular weight excluding hydrogens is 451 g/mol. The van der Waals surface area contributed by atoms with Gasteiger partial charge in [0, 0.05) is 11.9 Å². The van der Waals surface area contributed by atoms with Crippen molar-refractivity contribution in [2.24, 2.45) is 7.05 Å². The van der Waals surface area contributed by atoms with Crippen LogP contribution < -0.4 is 5.69 Å². The van der Waals surface area contributed by atoms with Gasteiger partial charge in [-0.05, 0) is 60.5 Å². The molecule has 5 nitrogen and oxygen atoms in total. The number of aromatic nitrogens is 3. The molecule has 0 aliphatic heterocycles. The Bertz CT molecular complexity index is 1330. The van der Waals surface area contributed by atoms with Crippen LogP contribution in [-0.4, -0.2) is 19.5 Å². The number of hydrogen-bond donors (Lipinski definition) is 1. The van der Waals surface area contributed by atoms with E-state index >= 15 is 0 Å². The first-order chi connectivity index (χ1) is 15.6. The van der Waals surface area contributed by atoms with Crippen LogP contribution in [0.1, 0.15) is 27.8 Å². The summed E-state index contributed by atoms with van der Waals surface area (Å²) in [6.07, 6.45) is -4.46. The number of halogens is 3. The van der Waals surface area contributed by atoms with Gasteiger partial charge in [0.1, 0.15) is 5.75 Å². The third kappa shape index (κ3) is 4.68. The highest BCUT2D eigenvalue weighted by atomic mass is 32.2. The molecule has 170 valence electrons. The van der Waals surface area contributed by atoms with E-state index in [0.717, 1.165) is 32.8 Å². The Kier molecular flexibility index (Phi) is 6.07. The van der Waals surface area contributed by atoms with Gasteiger partial charge in [-0.25, -0.2) is 4.79 Å². The summed E-state index contributed by atoms with van der Waals surface area (Å²) in [6, 6.07) is 18.9. The molecule has 0 saturated carbocycles. The Morgan fingerprint density at radius 3 is 2.27 bits per heavy atom. The topological polar surface area (TPSA) is 60.1 Å². The second-order valence-electron chi connectivity index (χ2n) is 7.51. The lowest BCUT2D eigenvalue weighted by atomic mass is 10.1. The van der Waals surface area contributed by atoms with E-state index in [0.29, 0.717) is 5.82 Å². The molecule has 0 amide bonds. The number of aryl methyl sites for hydroxylation is 1. The molecule has 0 fully saturated rings. The fraction of sp³-hybridized carbons (Fsp3) is 0.167. The zero-order valence-electron chi connectivity index (χ0n) is 17.7. The van der Waals surface area contributed by atoms with E-state index < -0.39 is 17.4 Å². The van der Waals surface area contributed by atoms with E-state index in [4.69, 9.17) is 0 Å². The number of thioether (sulfide) groups is 1. The van der Waals surface area contributed by atoms with Crippen LogP contribution in [0.3, 0.4) is 0 Å². The van der Waals surface area contributed by atoms with Crippen molar-refractivity contribution >= 4 is 11.8 Å². The van der Waals surface area contributed by atoms with E-state index in [2.05, 4.69) is 5.10 Å². The summed E-state index contributed by atoms with van der Waals surface area (Å²) in [4.78, 5) is 13.9. The first-order valence-corrected chi connectivity index (χ1v) is 10.9. The molecule has 0 saturated heterocycles. The van der Waals surface area contributed by atoms with Crippen LogP contribution in [0.25, 0.3) is 5.69 Å². The van der Waals surface area contributed by atoms with Crippen LogP contribution in [-0.2, 0) is 13.2 Å². The van der Waals surface area contributed by atoms with Gasteiger partial charge in [-0.15, -0.1) is 16.9 Å². The van der Waals surface area contributed by atoms with Gasteiger partial charge in [-0.1, -0.05) is 30.3 Å². The lowest BCUT2D eigenvalue weighted by Gasteiger charge is -2.17. The van der Waals surface area contributed by atoms with Crippen molar-refractivity contribution in [3.63, 3.8) is 0 Å². The smallest absolute Gasteiger partial charge is 0.416 e. The van der Waals surface area contributed by atoms with Gasteiger partial charge >= 0.3 is 11.9 Å². The fourth-order valence-electron chi connectivity index (χ4n) is 3.43. The van der Waals surface area contributed by atoms with Gasteiger partial charge in [0.15, 0.2) is 5.82 Å². The summed E-state index contributed by atoms with van der Waals surface area (Å²) in [7, 11) is 1.59. The zero-order chi connectivity index (χ0) is 23.8. The minimum Gasteiger partial charge on any atom is -0.508 e. The first-order valence-electron chi connectivity index (χ1n) is 10.00. The average molecular weight is 472 g/mol. The normalized spacial score (nSPS) is 12.6. The van der Waals surface area contributed by atoms with Gasteiger partial charge in [-0.2, -0.15) is 17.9 Å². The molecule has 3 aromatic carbocycles. The molecule has 4 rings (SSSR count). The van der Waals surface area contributed by atoms with E-state index in [1.54, 1.807) is 25.2 Å². The second kappa shape index (κ2) is 8.82. The Hall–Kier alpha value is -3.46. The van der Waals surface area contributed by atoms with E-state index in [1.165, 1.54) is 28.5 Å². The monoisotopic (exact) mass is 471 g/mol. The molecule has 1 heterocycles. The lowest BCUT2D eigenvalue weighted by Crippen LogP contribution is -2.22. The van der Waals surface area contributed by atoms with Gasteiger partial charge in [-0.3, -0.25) is 4.57 Å². The quantitative estimate of drug-likeness (QED) is 0.391. The van der Waals surface area contributed by atoms with Crippen LogP contribution in [0.4, 0.5) is 13.2 Å². The highest BCUT2D eigenvalue weighted by molar-refractivity contribution is 7.99. The average Bonchev–Trinajstić information content (AvgIpc) is 3.08. The summed E-state index contributed by atoms with van der Waals surface area (Å²) in [5.41, 5.74) is 0.757. The van der Waals surface area contributed by atoms with Crippen molar-refractivity contribution < 1.29 is 18.3 Å². The van der Waals surface area contributed by atoms with Crippen LogP contribution in [0.15, 0.2) is 82.5 Å². The number of hydrogen-bond acceptors (Lipinski definition) is 4. The lowest BCUT2D eigenvalue weighted by molar-refractivity contribution is -0.137. The summed E-state index contributed by atoms with van der Waals surface area (Å²) >= 11 is 1.47. The Balaban J connectivity index is 1.79. The highest BCUT2D eigenvalue weighted by Gasteiger charge is 2.30. The van der Waals surface area contributed by atoms with Gasteiger partial charge < -0.3 is 5.11 Å². The maximum atomic E-state index is 13.0. The van der Waals surface area contributed by atoms with Crippen LogP contribution >= 0.6 is 11.8 Å². The first kappa shape index (κ1) is 22.7. The summed E-state index contributed by atoms with van der Waals surface area (Å²) in [5.74, 6) is 0.607. The molecule has 4 aromatic rings. The standard InChI is InChI=1S/C24H20F3N3O2S/c1-15-14-19(31)12-13-20(15)33-21(16-6-4-3-5-7-16)22-28-30(23(32)29(22)2)18-10-8-17(9-11-18)24(25,26)27/h3-14,21,31H,1-2H3. The van der Waals surface area contributed by atoms with Gasteiger partial charge in [0.05, 0.1) is 16.5 Å². The minimum absolute atomic E-state index is 0.159. The van der Waals surface area contributed by atoms with Crippen molar-refractivity contribution in [3.05, 3.63) is 106 Å². The zero-order valence-corrected chi connectivity index (χ0v) is 18.6. The van der Waals surface area contributed by atoms with E-state index in [9.17, 15) is 23.1 Å². The molecule has 0 spiro atoms. The molecule has 1 atom stereocenters. The molecule has 1 N–H and O–H groups in total. The van der Waals surface area contributed by atoms with Crippen LogP contribution in [0.5, 0.6) is 5.75 Å². The maximum absolute atomic E-state index is 13.0. The second-order valence-corrected chi connectivity index (χ2v) is 8.66. The van der Waals surface area contributed by atoms with Crippen molar-refractivity contribution in [1.29, 1.82) is 0 Å². The Labute approximate surface area is 192 Å². The summed E-state index contributed by atoms with van der Waals surface area (Å²) in [5, 5.41) is 13.9. The number of rotatable bonds is 5. The van der Waals surface area contributed by atoms with Crippen LogP contribution in [0.2, 0.25) is 0 Å². The van der Waals surface area contributed by atoms with Crippen molar-refractivity contribution in [3.8, 4) is 11.4 Å². The Morgan fingerprint density at radius 2 is 1.67 bits per heavy atom. The van der Waals surface area contributed by atoms with Crippen molar-refractivity contribution in [2.75, 3.05) is 0 Å². The van der Waals surface area contributed by atoms with Crippen molar-refractivity contribution in [2.45, 2.75) is 23.2 Å². The predicted molar refractivity (Wildman–Crippen MR) is 121 cm³/mol. The predicted octanol–water partition coefficient (Wildman–Crippen LogP) is 5.49. The highest BCUT2D eigenvalue weighted by Crippen LogP contribution is 2.41. The molecule has 33 heavy (non-hydrogen) atoms. The molecule has 0 aliphatic carbocycles. The number of phenolic OH excluding ortho intramolecular Hbond substituents is 1. The molecule has 9 heteroatoms. The Morgan fingerprint density at radius 1 is 1.00 bits per heavy atom. The third-order valence-electron chi connectivity index (χ3n) is 5.19. The SMILES string of the molecule is Cc1cc(O)ccc1SC(c1ccccc1)c1nn(-c2ccc(C(F)(F)F)cc2)c(=O)n1C. The fourth-order valence-corrected chi connectivity index (χ4v) is 4.68. The summed E-state index contributed by atoms with van der Waals surface area (Å²) in [6.45, 7) is 1.88. The van der Waals surface area contributed by atoms with Gasteiger partial charge in [0.25, 0.3) is 0 Å². The van der Waals surface area contributed by atoms with Crippen molar-refractivity contribution in [1.82, 2.24) is 14.3 Å². The number of phenols is 1. The van der Waals surface area contributed by atoms with E-state index in [-0.39, 0.29) is 16.7 Å². The largest absolute Gasteiger partial charge is 0.508 e. The number of nitrogens with zero attached hydrogens (tertiary/aromatic N) is 3. The van der Waals surface area contributed by atoms with Gasteiger partial charge in [0.2, 0.25) is 0 Å². The maximum Gasteiger partial charge on any atom is 0.416 e. The molecule has 1 unspecified atom stereocenters. The van der Waals surface area contributed by atoms with E-state index in [1.807, 2.05) is 37.3 Å². The molecule has 1 aromatic heterocycles. The number of benzene rings is 3. The minimum atomic E-state index is -4.46. The molecule has 0 aliphatic rings. The number of aromatic hydroxyl groups is 1. The molecule has 0 radical (unpaired) electrons. The molecule has 0 bridgehead atoms. The summed E-state index contributed by atoms with van der Waals surface area (Å²) < 4.78 is 41.3. The number of alkyl halides is 3. The van der Waals surface area contributed by atoms with Crippen LogP contribution in [0, 0.1) is 6.92 Å².